The van der Waals surface area contributed by atoms with Gasteiger partial charge in [0.2, 0.25) is 0 Å². The lowest BCUT2D eigenvalue weighted by Crippen LogP contribution is -2.07. The highest BCUT2D eigenvalue weighted by Crippen LogP contribution is 2.29. The van der Waals surface area contributed by atoms with Crippen molar-refractivity contribution < 1.29 is 0 Å². The zero-order valence-corrected chi connectivity index (χ0v) is 11.7. The molecule has 98 valence electrons. The quantitative estimate of drug-likeness (QED) is 0.720. The molecule has 5 nitrogen and oxygen atoms in total. The normalized spacial score (nSPS) is 11.1. The van der Waals surface area contributed by atoms with Gasteiger partial charge >= 0.3 is 0 Å². The first-order valence-electron chi connectivity index (χ1n) is 6.00. The summed E-state index contributed by atoms with van der Waals surface area (Å²) in [6.45, 7) is 2.64. The molecule has 1 aromatic carbocycles. The molecule has 0 aliphatic heterocycles. The zero-order chi connectivity index (χ0) is 13.4. The average molecular weight is 273 g/mol. The van der Waals surface area contributed by atoms with Crippen molar-refractivity contribution in [1.82, 2.24) is 14.5 Å². The van der Waals surface area contributed by atoms with Gasteiger partial charge in [0, 0.05) is 19.4 Å². The molecule has 3 aromatic rings. The Morgan fingerprint density at radius 3 is 3.00 bits per heavy atom. The SMILES string of the molecule is Cc1nc2cc(NCc3nccn3C)c(N)cc2s1. The van der Waals surface area contributed by atoms with Gasteiger partial charge in [-0.3, -0.25) is 0 Å². The van der Waals surface area contributed by atoms with E-state index >= 15 is 0 Å². The molecule has 0 radical (unpaired) electrons. The molecule has 6 heteroatoms. The molecule has 0 aliphatic rings. The number of hydrogen-bond donors (Lipinski definition) is 2. The third kappa shape index (κ3) is 2.26. The summed E-state index contributed by atoms with van der Waals surface area (Å²) < 4.78 is 3.10. The number of anilines is 2. The second-order valence-corrected chi connectivity index (χ2v) is 5.68. The summed E-state index contributed by atoms with van der Waals surface area (Å²) in [4.78, 5) is 8.75. The summed E-state index contributed by atoms with van der Waals surface area (Å²) in [6, 6.07) is 3.97. The predicted molar refractivity (Wildman–Crippen MR) is 79.3 cm³/mol. The monoisotopic (exact) mass is 273 g/mol. The Kier molecular flexibility index (Phi) is 2.87. The number of aromatic nitrogens is 3. The molecule has 3 rings (SSSR count). The zero-order valence-electron chi connectivity index (χ0n) is 10.8. The molecule has 0 saturated heterocycles. The lowest BCUT2D eigenvalue weighted by atomic mass is 10.2. The number of rotatable bonds is 3. The topological polar surface area (TPSA) is 68.8 Å². The highest BCUT2D eigenvalue weighted by Gasteiger charge is 2.07. The van der Waals surface area contributed by atoms with Crippen LogP contribution in [0.2, 0.25) is 0 Å². The Hall–Kier alpha value is -2.08. The summed E-state index contributed by atoms with van der Waals surface area (Å²) in [6.07, 6.45) is 3.71. The molecule has 0 spiro atoms. The van der Waals surface area contributed by atoms with E-state index in [1.807, 2.05) is 36.9 Å². The predicted octanol–water partition coefficient (Wildman–Crippen LogP) is 2.53. The van der Waals surface area contributed by atoms with Crippen molar-refractivity contribution in [2.24, 2.45) is 7.05 Å². The highest BCUT2D eigenvalue weighted by atomic mass is 32.1. The lowest BCUT2D eigenvalue weighted by molar-refractivity contribution is 0.813. The van der Waals surface area contributed by atoms with Gasteiger partial charge in [-0.1, -0.05) is 0 Å². The maximum atomic E-state index is 6.06. The van der Waals surface area contributed by atoms with E-state index in [1.54, 1.807) is 17.5 Å². The van der Waals surface area contributed by atoms with E-state index in [9.17, 15) is 0 Å². The Labute approximate surface area is 115 Å². The fourth-order valence-corrected chi connectivity index (χ4v) is 2.86. The minimum absolute atomic E-state index is 0.641. The molecule has 3 N–H and O–H groups in total. The average Bonchev–Trinajstić information content (AvgIpc) is 2.91. The molecule has 19 heavy (non-hydrogen) atoms. The fourth-order valence-electron chi connectivity index (χ4n) is 2.00. The molecule has 0 fully saturated rings. The molecule has 0 bridgehead atoms. The Morgan fingerprint density at radius 2 is 2.26 bits per heavy atom. The maximum absolute atomic E-state index is 6.06. The number of thiazole rings is 1. The van der Waals surface area contributed by atoms with Gasteiger partial charge in [0.15, 0.2) is 0 Å². The first-order valence-corrected chi connectivity index (χ1v) is 6.82. The number of benzene rings is 1. The van der Waals surface area contributed by atoms with Crippen LogP contribution < -0.4 is 11.1 Å². The summed E-state index contributed by atoms with van der Waals surface area (Å²) in [5.74, 6) is 0.967. The largest absolute Gasteiger partial charge is 0.397 e. The van der Waals surface area contributed by atoms with Gasteiger partial charge in [-0.15, -0.1) is 11.3 Å². The summed E-state index contributed by atoms with van der Waals surface area (Å²) in [5, 5.41) is 4.37. The smallest absolute Gasteiger partial charge is 0.127 e. The first kappa shape index (κ1) is 12.0. The van der Waals surface area contributed by atoms with E-state index in [0.717, 1.165) is 32.4 Å². The molecule has 2 aromatic heterocycles. The van der Waals surface area contributed by atoms with E-state index in [1.165, 1.54) is 0 Å². The van der Waals surface area contributed by atoms with Gasteiger partial charge in [-0.2, -0.15) is 0 Å². The first-order chi connectivity index (χ1) is 9.13. The number of nitrogens with two attached hydrogens (primary N) is 1. The third-order valence-corrected chi connectivity index (χ3v) is 3.96. The van der Waals surface area contributed by atoms with Crippen LogP contribution in [-0.4, -0.2) is 14.5 Å². The Bertz CT molecular complexity index is 728. The van der Waals surface area contributed by atoms with Crippen LogP contribution in [-0.2, 0) is 13.6 Å². The summed E-state index contributed by atoms with van der Waals surface area (Å²) in [7, 11) is 1.97. The van der Waals surface area contributed by atoms with Crippen molar-refractivity contribution in [3.05, 3.63) is 35.4 Å². The van der Waals surface area contributed by atoms with Crippen LogP contribution in [0, 0.1) is 6.92 Å². The van der Waals surface area contributed by atoms with Gasteiger partial charge in [0.05, 0.1) is 33.1 Å². The van der Waals surface area contributed by atoms with Crippen LogP contribution in [0.5, 0.6) is 0 Å². The van der Waals surface area contributed by atoms with E-state index in [0.29, 0.717) is 6.54 Å². The number of hydrogen-bond acceptors (Lipinski definition) is 5. The summed E-state index contributed by atoms with van der Waals surface area (Å²) in [5.41, 5.74) is 8.69. The minimum atomic E-state index is 0.641. The van der Waals surface area contributed by atoms with Crippen molar-refractivity contribution in [2.75, 3.05) is 11.1 Å². The number of aryl methyl sites for hydroxylation is 2. The van der Waals surface area contributed by atoms with Crippen LogP contribution in [0.1, 0.15) is 10.8 Å². The van der Waals surface area contributed by atoms with Crippen molar-refractivity contribution in [2.45, 2.75) is 13.5 Å². The molecular weight excluding hydrogens is 258 g/mol. The Balaban J connectivity index is 1.88. The molecule has 0 atom stereocenters. The number of fused-ring (bicyclic) bond motifs is 1. The van der Waals surface area contributed by atoms with Gasteiger partial charge in [-0.05, 0) is 19.1 Å². The van der Waals surface area contributed by atoms with E-state index in [4.69, 9.17) is 5.73 Å². The van der Waals surface area contributed by atoms with Crippen LogP contribution >= 0.6 is 11.3 Å². The van der Waals surface area contributed by atoms with Crippen LogP contribution in [0.25, 0.3) is 10.2 Å². The Morgan fingerprint density at radius 1 is 1.42 bits per heavy atom. The second-order valence-electron chi connectivity index (χ2n) is 4.45. The van der Waals surface area contributed by atoms with Crippen molar-refractivity contribution in [3.8, 4) is 0 Å². The van der Waals surface area contributed by atoms with Crippen molar-refractivity contribution >= 4 is 32.9 Å². The number of imidazole rings is 1. The van der Waals surface area contributed by atoms with Crippen molar-refractivity contribution in [3.63, 3.8) is 0 Å². The maximum Gasteiger partial charge on any atom is 0.127 e. The standard InChI is InChI=1S/C13H15N5S/c1-8-17-11-6-10(9(14)5-12(11)19-8)16-7-13-15-3-4-18(13)2/h3-6,16H,7,14H2,1-2H3. The molecule has 0 unspecified atom stereocenters. The molecule has 0 saturated carbocycles. The number of nitrogens with zero attached hydrogens (tertiary/aromatic N) is 3. The van der Waals surface area contributed by atoms with Gasteiger partial charge in [0.25, 0.3) is 0 Å². The number of nitrogens with one attached hydrogen (secondary N) is 1. The molecule has 0 aliphatic carbocycles. The minimum Gasteiger partial charge on any atom is -0.397 e. The molecular formula is C13H15N5S. The molecule has 0 amide bonds. The number of nitrogen functional groups attached to an aromatic ring is 1. The van der Waals surface area contributed by atoms with Gasteiger partial charge < -0.3 is 15.6 Å². The van der Waals surface area contributed by atoms with Crippen LogP contribution in [0.4, 0.5) is 11.4 Å². The van der Waals surface area contributed by atoms with E-state index in [2.05, 4.69) is 15.3 Å². The lowest BCUT2D eigenvalue weighted by Gasteiger charge is -2.09. The van der Waals surface area contributed by atoms with Gasteiger partial charge in [0.1, 0.15) is 5.82 Å². The second kappa shape index (κ2) is 4.55. The molecule has 2 heterocycles. The van der Waals surface area contributed by atoms with Gasteiger partial charge in [-0.25, -0.2) is 9.97 Å². The van der Waals surface area contributed by atoms with Crippen LogP contribution in [0.15, 0.2) is 24.5 Å². The van der Waals surface area contributed by atoms with Crippen molar-refractivity contribution in [1.29, 1.82) is 0 Å². The summed E-state index contributed by atoms with van der Waals surface area (Å²) >= 11 is 1.66. The van der Waals surface area contributed by atoms with E-state index in [-0.39, 0.29) is 0 Å². The third-order valence-electron chi connectivity index (χ3n) is 3.02. The van der Waals surface area contributed by atoms with E-state index < -0.39 is 0 Å². The fraction of sp³-hybridized carbons (Fsp3) is 0.231. The van der Waals surface area contributed by atoms with Crippen LogP contribution in [0.3, 0.4) is 0 Å². The highest BCUT2D eigenvalue weighted by molar-refractivity contribution is 7.18.